The van der Waals surface area contributed by atoms with E-state index in [1.807, 2.05) is 43.3 Å². The van der Waals surface area contributed by atoms with Crippen LogP contribution in [0.15, 0.2) is 53.7 Å². The van der Waals surface area contributed by atoms with Crippen molar-refractivity contribution < 1.29 is 9.59 Å². The lowest BCUT2D eigenvalue weighted by Crippen LogP contribution is -2.42. The highest BCUT2D eigenvalue weighted by Gasteiger charge is 2.12. The molecule has 140 valence electrons. The van der Waals surface area contributed by atoms with Crippen molar-refractivity contribution in [2.75, 3.05) is 5.75 Å². The first kappa shape index (κ1) is 17.9. The van der Waals surface area contributed by atoms with Gasteiger partial charge in [-0.25, -0.2) is 4.98 Å². The van der Waals surface area contributed by atoms with Gasteiger partial charge in [-0.2, -0.15) is 0 Å². The molecule has 0 fully saturated rings. The highest BCUT2D eigenvalue weighted by atomic mass is 32.2. The van der Waals surface area contributed by atoms with Gasteiger partial charge in [0.25, 0.3) is 5.91 Å². The monoisotopic (exact) mass is 392 g/mol. The molecule has 0 saturated heterocycles. The number of hydrogen-bond acceptors (Lipinski definition) is 6. The fourth-order valence-corrected chi connectivity index (χ4v) is 3.34. The number of nitrogens with zero attached hydrogens (tertiary/aromatic N) is 3. The number of nitrogens with one attached hydrogen (secondary N) is 3. The van der Waals surface area contributed by atoms with E-state index < -0.39 is 0 Å². The van der Waals surface area contributed by atoms with Gasteiger partial charge in [0, 0.05) is 16.5 Å². The van der Waals surface area contributed by atoms with E-state index in [4.69, 9.17) is 0 Å². The molecule has 28 heavy (non-hydrogen) atoms. The minimum Gasteiger partial charge on any atom is -0.338 e. The summed E-state index contributed by atoms with van der Waals surface area (Å²) in [6.07, 6.45) is 0. The quantitative estimate of drug-likeness (QED) is 0.363. The number of aromatic nitrogens is 4. The molecule has 0 aliphatic heterocycles. The number of fused-ring (bicyclic) bond motifs is 3. The molecule has 4 rings (SSSR count). The first-order chi connectivity index (χ1) is 13.6. The van der Waals surface area contributed by atoms with Crippen LogP contribution >= 0.6 is 11.8 Å². The van der Waals surface area contributed by atoms with Crippen molar-refractivity contribution in [3.8, 4) is 0 Å². The minimum absolute atomic E-state index is 0.0431. The van der Waals surface area contributed by atoms with Gasteiger partial charge < -0.3 is 4.98 Å². The summed E-state index contributed by atoms with van der Waals surface area (Å²) < 4.78 is 0. The molecule has 0 bridgehead atoms. The van der Waals surface area contributed by atoms with E-state index in [-0.39, 0.29) is 17.6 Å². The summed E-state index contributed by atoms with van der Waals surface area (Å²) >= 11 is 1.14. The van der Waals surface area contributed by atoms with Crippen LogP contribution in [-0.2, 0) is 4.79 Å². The number of hydrazine groups is 1. The largest absolute Gasteiger partial charge is 0.338 e. The third kappa shape index (κ3) is 3.65. The Kier molecular flexibility index (Phi) is 4.90. The predicted octanol–water partition coefficient (Wildman–Crippen LogP) is 2.37. The first-order valence-corrected chi connectivity index (χ1v) is 9.49. The van der Waals surface area contributed by atoms with Gasteiger partial charge in [0.05, 0.1) is 5.75 Å². The number of para-hydroxylation sites is 1. The lowest BCUT2D eigenvalue weighted by molar-refractivity contribution is -0.119. The molecule has 0 saturated carbocycles. The molecule has 0 atom stereocenters. The highest BCUT2D eigenvalue weighted by molar-refractivity contribution is 7.99. The molecule has 4 aromatic rings. The highest BCUT2D eigenvalue weighted by Crippen LogP contribution is 2.23. The number of benzene rings is 2. The van der Waals surface area contributed by atoms with Crippen molar-refractivity contribution in [3.05, 3.63) is 59.7 Å². The molecule has 9 heteroatoms. The molecule has 2 amide bonds. The summed E-state index contributed by atoms with van der Waals surface area (Å²) in [6, 6.07) is 14.9. The minimum atomic E-state index is -0.368. The molecule has 0 aliphatic carbocycles. The second kappa shape index (κ2) is 7.65. The Labute approximate surface area is 164 Å². The number of aryl methyl sites for hydroxylation is 1. The maximum absolute atomic E-state index is 12.1. The van der Waals surface area contributed by atoms with Crippen molar-refractivity contribution in [2.45, 2.75) is 12.1 Å². The van der Waals surface area contributed by atoms with Crippen LogP contribution in [0.4, 0.5) is 0 Å². The van der Waals surface area contributed by atoms with E-state index >= 15 is 0 Å². The number of thioether (sulfide) groups is 1. The lowest BCUT2D eigenvalue weighted by atomic mass is 10.1. The van der Waals surface area contributed by atoms with Crippen LogP contribution in [0.2, 0.25) is 0 Å². The van der Waals surface area contributed by atoms with Gasteiger partial charge in [-0.3, -0.25) is 20.4 Å². The predicted molar refractivity (Wildman–Crippen MR) is 107 cm³/mol. The molecule has 3 N–H and O–H groups in total. The maximum Gasteiger partial charge on any atom is 0.269 e. The average Bonchev–Trinajstić information content (AvgIpc) is 3.08. The van der Waals surface area contributed by atoms with E-state index in [9.17, 15) is 9.59 Å². The van der Waals surface area contributed by atoms with Crippen LogP contribution in [0.5, 0.6) is 0 Å². The summed E-state index contributed by atoms with van der Waals surface area (Å²) in [7, 11) is 0. The van der Waals surface area contributed by atoms with Crippen molar-refractivity contribution >= 4 is 45.6 Å². The van der Waals surface area contributed by atoms with E-state index in [1.54, 1.807) is 12.1 Å². The van der Waals surface area contributed by atoms with E-state index in [1.165, 1.54) is 0 Å². The summed E-state index contributed by atoms with van der Waals surface area (Å²) in [5.41, 5.74) is 8.37. The third-order valence-electron chi connectivity index (χ3n) is 4.14. The smallest absolute Gasteiger partial charge is 0.269 e. The molecular formula is C19H16N6O2S. The van der Waals surface area contributed by atoms with Gasteiger partial charge in [0.15, 0.2) is 5.65 Å². The van der Waals surface area contributed by atoms with Crippen molar-refractivity contribution in [1.29, 1.82) is 0 Å². The molecule has 2 heterocycles. The van der Waals surface area contributed by atoms with Crippen molar-refractivity contribution in [1.82, 2.24) is 31.0 Å². The van der Waals surface area contributed by atoms with E-state index in [2.05, 4.69) is 31.0 Å². The summed E-state index contributed by atoms with van der Waals surface area (Å²) in [5, 5.41) is 9.60. The zero-order chi connectivity index (χ0) is 19.5. The second-order valence-electron chi connectivity index (χ2n) is 6.07. The van der Waals surface area contributed by atoms with Gasteiger partial charge in [0.1, 0.15) is 5.52 Å². The Morgan fingerprint density at radius 1 is 1.04 bits per heavy atom. The van der Waals surface area contributed by atoms with Crippen molar-refractivity contribution in [2.24, 2.45) is 0 Å². The molecule has 0 unspecified atom stereocenters. The first-order valence-electron chi connectivity index (χ1n) is 8.50. The average molecular weight is 392 g/mol. The van der Waals surface area contributed by atoms with Crippen LogP contribution in [0, 0.1) is 6.92 Å². The fraction of sp³-hybridized carbons (Fsp3) is 0.105. The number of H-pyrrole nitrogens is 1. The third-order valence-corrected chi connectivity index (χ3v) is 4.98. The van der Waals surface area contributed by atoms with E-state index in [0.717, 1.165) is 28.2 Å². The SMILES string of the molecule is Cc1ccccc1C(=O)NNC(=O)CSc1nnc2c(n1)[nH]c1ccccc12. The Morgan fingerprint density at radius 3 is 2.68 bits per heavy atom. The summed E-state index contributed by atoms with van der Waals surface area (Å²) in [6.45, 7) is 1.83. The lowest BCUT2D eigenvalue weighted by Gasteiger charge is -2.08. The van der Waals surface area contributed by atoms with Crippen LogP contribution in [0.3, 0.4) is 0 Å². The number of hydrogen-bond donors (Lipinski definition) is 3. The van der Waals surface area contributed by atoms with Crippen LogP contribution in [0.25, 0.3) is 22.1 Å². The molecule has 8 nitrogen and oxygen atoms in total. The number of carbonyl (C=O) groups is 2. The molecular weight excluding hydrogens is 376 g/mol. The normalized spacial score (nSPS) is 10.9. The van der Waals surface area contributed by atoms with Gasteiger partial charge in [0.2, 0.25) is 11.1 Å². The number of amides is 2. The Bertz CT molecular complexity index is 1190. The van der Waals surface area contributed by atoms with Crippen molar-refractivity contribution in [3.63, 3.8) is 0 Å². The molecule has 2 aromatic heterocycles. The fourth-order valence-electron chi connectivity index (χ4n) is 2.75. The number of rotatable bonds is 4. The van der Waals surface area contributed by atoms with E-state index in [0.29, 0.717) is 21.9 Å². The Balaban J connectivity index is 1.36. The zero-order valence-corrected chi connectivity index (χ0v) is 15.7. The second-order valence-corrected chi connectivity index (χ2v) is 7.01. The summed E-state index contributed by atoms with van der Waals surface area (Å²) in [4.78, 5) is 31.7. The van der Waals surface area contributed by atoms with Gasteiger partial charge in [-0.1, -0.05) is 48.2 Å². The number of aromatic amines is 1. The van der Waals surface area contributed by atoms with Crippen LogP contribution in [0.1, 0.15) is 15.9 Å². The Morgan fingerprint density at radius 2 is 1.82 bits per heavy atom. The topological polar surface area (TPSA) is 113 Å². The standard InChI is InChI=1S/C19H16N6O2S/c1-11-6-2-3-7-12(11)18(27)24-22-15(26)10-28-19-21-17-16(23-25-19)13-8-4-5-9-14(13)20-17/h2-9H,10H2,1H3,(H,22,26)(H,24,27)(H,20,21,25). The Hall–Kier alpha value is -3.46. The van der Waals surface area contributed by atoms with Gasteiger partial charge in [-0.05, 0) is 24.6 Å². The van der Waals surface area contributed by atoms with Crippen LogP contribution < -0.4 is 10.9 Å². The maximum atomic E-state index is 12.1. The van der Waals surface area contributed by atoms with Gasteiger partial charge in [-0.15, -0.1) is 10.2 Å². The molecule has 0 radical (unpaired) electrons. The summed E-state index contributed by atoms with van der Waals surface area (Å²) in [5.74, 6) is -0.692. The molecule has 0 aliphatic rings. The molecule has 2 aromatic carbocycles. The zero-order valence-electron chi connectivity index (χ0n) is 14.9. The number of carbonyl (C=O) groups excluding carboxylic acids is 2. The van der Waals surface area contributed by atoms with Crippen LogP contribution in [-0.4, -0.2) is 37.7 Å². The molecule has 0 spiro atoms. The van der Waals surface area contributed by atoms with Gasteiger partial charge >= 0.3 is 0 Å².